The van der Waals surface area contributed by atoms with Crippen LogP contribution in [-0.2, 0) is 11.3 Å². The highest BCUT2D eigenvalue weighted by molar-refractivity contribution is 5.14. The first-order valence-corrected chi connectivity index (χ1v) is 8.86. The van der Waals surface area contributed by atoms with Crippen molar-refractivity contribution in [2.75, 3.05) is 39.8 Å². The van der Waals surface area contributed by atoms with Gasteiger partial charge in [-0.15, -0.1) is 0 Å². The van der Waals surface area contributed by atoms with Crippen LogP contribution in [0.2, 0.25) is 0 Å². The minimum atomic E-state index is 0.453. The number of nitrogens with zero attached hydrogens (tertiary/aromatic N) is 2. The van der Waals surface area contributed by atoms with Crippen molar-refractivity contribution in [3.05, 3.63) is 35.9 Å². The van der Waals surface area contributed by atoms with Gasteiger partial charge in [0.2, 0.25) is 0 Å². The van der Waals surface area contributed by atoms with E-state index in [2.05, 4.69) is 40.1 Å². The van der Waals surface area contributed by atoms with E-state index in [-0.39, 0.29) is 0 Å². The van der Waals surface area contributed by atoms with Crippen molar-refractivity contribution in [2.45, 2.75) is 38.3 Å². The molecule has 1 aliphatic heterocycles. The molecule has 0 spiro atoms. The van der Waals surface area contributed by atoms with Gasteiger partial charge in [0.1, 0.15) is 0 Å². The van der Waals surface area contributed by atoms with Crippen molar-refractivity contribution >= 4 is 0 Å². The van der Waals surface area contributed by atoms with E-state index in [1.807, 2.05) is 7.11 Å². The Balaban J connectivity index is 1.47. The van der Waals surface area contributed by atoms with Crippen LogP contribution in [0.3, 0.4) is 0 Å². The molecular formula is C19H30N2O. The van der Waals surface area contributed by atoms with Crippen molar-refractivity contribution in [1.82, 2.24) is 9.80 Å². The molecule has 3 rings (SSSR count). The van der Waals surface area contributed by atoms with E-state index in [1.165, 1.54) is 57.4 Å². The highest BCUT2D eigenvalue weighted by Gasteiger charge is 2.29. The number of ether oxygens (including phenoxy) is 1. The third-order valence-electron chi connectivity index (χ3n) is 5.35. The molecule has 0 amide bonds. The predicted octanol–water partition coefficient (Wildman–Crippen LogP) is 3.01. The van der Waals surface area contributed by atoms with E-state index in [1.54, 1.807) is 0 Å². The molecule has 1 unspecified atom stereocenters. The average molecular weight is 302 g/mol. The Hall–Kier alpha value is -0.900. The third kappa shape index (κ3) is 4.31. The van der Waals surface area contributed by atoms with Crippen LogP contribution in [0.4, 0.5) is 0 Å². The Morgan fingerprint density at radius 3 is 2.41 bits per heavy atom. The highest BCUT2D eigenvalue weighted by Crippen LogP contribution is 2.31. The summed E-state index contributed by atoms with van der Waals surface area (Å²) in [7, 11) is 1.89. The van der Waals surface area contributed by atoms with Crippen molar-refractivity contribution in [2.24, 2.45) is 5.92 Å². The fraction of sp³-hybridized carbons (Fsp3) is 0.684. The monoisotopic (exact) mass is 302 g/mol. The lowest BCUT2D eigenvalue weighted by atomic mass is 9.81. The standard InChI is InChI=1S/C19H30N2O/c1-22-19(18-9-5-10-18)16-21-12-6-11-20(13-14-21)15-17-7-3-2-4-8-17/h2-4,7-8,18-19H,5-6,9-16H2,1H3. The molecule has 3 heteroatoms. The van der Waals surface area contributed by atoms with Crippen molar-refractivity contribution < 1.29 is 4.74 Å². The highest BCUT2D eigenvalue weighted by atomic mass is 16.5. The molecule has 2 fully saturated rings. The smallest absolute Gasteiger partial charge is 0.0726 e. The summed E-state index contributed by atoms with van der Waals surface area (Å²) in [5.41, 5.74) is 1.43. The SMILES string of the molecule is COC(CN1CCCN(Cc2ccccc2)CC1)C1CCC1. The average Bonchev–Trinajstić information content (AvgIpc) is 2.71. The summed E-state index contributed by atoms with van der Waals surface area (Å²) < 4.78 is 5.77. The number of rotatable bonds is 6. The fourth-order valence-electron chi connectivity index (χ4n) is 3.69. The fourth-order valence-corrected chi connectivity index (χ4v) is 3.69. The maximum atomic E-state index is 5.77. The molecule has 1 atom stereocenters. The second kappa shape index (κ2) is 8.09. The lowest BCUT2D eigenvalue weighted by Gasteiger charge is -2.35. The molecule has 0 N–H and O–H groups in total. The summed E-state index contributed by atoms with van der Waals surface area (Å²) in [6.45, 7) is 7.01. The van der Waals surface area contributed by atoms with E-state index in [4.69, 9.17) is 4.74 Å². The van der Waals surface area contributed by atoms with Gasteiger partial charge < -0.3 is 4.74 Å². The number of methoxy groups -OCH3 is 1. The third-order valence-corrected chi connectivity index (χ3v) is 5.35. The molecule has 122 valence electrons. The molecule has 0 radical (unpaired) electrons. The van der Waals surface area contributed by atoms with Crippen LogP contribution in [0, 0.1) is 5.92 Å². The zero-order valence-corrected chi connectivity index (χ0v) is 13.9. The second-order valence-electron chi connectivity index (χ2n) is 6.88. The van der Waals surface area contributed by atoms with Gasteiger partial charge in [0, 0.05) is 33.3 Å². The quantitative estimate of drug-likeness (QED) is 0.803. The van der Waals surface area contributed by atoms with Gasteiger partial charge in [0.05, 0.1) is 6.10 Å². The van der Waals surface area contributed by atoms with Crippen LogP contribution in [-0.4, -0.2) is 55.7 Å². The largest absolute Gasteiger partial charge is 0.380 e. The van der Waals surface area contributed by atoms with Crippen LogP contribution in [0.15, 0.2) is 30.3 Å². The first-order valence-electron chi connectivity index (χ1n) is 8.86. The zero-order valence-electron chi connectivity index (χ0n) is 13.9. The minimum absolute atomic E-state index is 0.453. The Morgan fingerprint density at radius 2 is 1.73 bits per heavy atom. The first kappa shape index (κ1) is 16.0. The van der Waals surface area contributed by atoms with E-state index in [9.17, 15) is 0 Å². The zero-order chi connectivity index (χ0) is 15.2. The molecule has 3 nitrogen and oxygen atoms in total. The van der Waals surface area contributed by atoms with Gasteiger partial charge in [-0.3, -0.25) is 9.80 Å². The van der Waals surface area contributed by atoms with Crippen LogP contribution in [0.25, 0.3) is 0 Å². The van der Waals surface area contributed by atoms with E-state index < -0.39 is 0 Å². The molecule has 1 saturated carbocycles. The lowest BCUT2D eigenvalue weighted by molar-refractivity contribution is -0.00449. The molecule has 2 aliphatic rings. The maximum Gasteiger partial charge on any atom is 0.0726 e. The molecule has 1 aliphatic carbocycles. The Morgan fingerprint density at radius 1 is 1.00 bits per heavy atom. The topological polar surface area (TPSA) is 15.7 Å². The predicted molar refractivity (Wildman–Crippen MR) is 90.9 cm³/mol. The Kier molecular flexibility index (Phi) is 5.88. The lowest BCUT2D eigenvalue weighted by Crippen LogP contribution is -2.41. The molecule has 0 aromatic heterocycles. The molecular weight excluding hydrogens is 272 g/mol. The van der Waals surface area contributed by atoms with Crippen molar-refractivity contribution in [1.29, 1.82) is 0 Å². The second-order valence-corrected chi connectivity index (χ2v) is 6.88. The first-order chi connectivity index (χ1) is 10.8. The molecule has 1 saturated heterocycles. The van der Waals surface area contributed by atoms with E-state index in [0.29, 0.717) is 6.10 Å². The Bertz CT molecular complexity index is 432. The molecule has 1 heterocycles. The Labute approximate surface area is 135 Å². The summed E-state index contributed by atoms with van der Waals surface area (Å²) in [4.78, 5) is 5.22. The number of benzene rings is 1. The van der Waals surface area contributed by atoms with Crippen molar-refractivity contribution in [3.63, 3.8) is 0 Å². The van der Waals surface area contributed by atoms with Gasteiger partial charge in [-0.05, 0) is 43.8 Å². The summed E-state index contributed by atoms with van der Waals surface area (Å²) in [6.07, 6.45) is 5.86. The van der Waals surface area contributed by atoms with Crippen LogP contribution >= 0.6 is 0 Å². The van der Waals surface area contributed by atoms with E-state index in [0.717, 1.165) is 19.0 Å². The molecule has 0 bridgehead atoms. The van der Waals surface area contributed by atoms with Gasteiger partial charge in [-0.1, -0.05) is 36.8 Å². The number of hydrogen-bond donors (Lipinski definition) is 0. The van der Waals surface area contributed by atoms with Gasteiger partial charge in [-0.2, -0.15) is 0 Å². The summed E-state index contributed by atoms with van der Waals surface area (Å²) in [5.74, 6) is 0.814. The summed E-state index contributed by atoms with van der Waals surface area (Å²) in [6, 6.07) is 10.8. The molecule has 22 heavy (non-hydrogen) atoms. The van der Waals surface area contributed by atoms with Gasteiger partial charge >= 0.3 is 0 Å². The van der Waals surface area contributed by atoms with Crippen LogP contribution < -0.4 is 0 Å². The minimum Gasteiger partial charge on any atom is -0.380 e. The summed E-state index contributed by atoms with van der Waals surface area (Å²) >= 11 is 0. The number of hydrogen-bond acceptors (Lipinski definition) is 3. The van der Waals surface area contributed by atoms with Gasteiger partial charge in [0.15, 0.2) is 0 Å². The van der Waals surface area contributed by atoms with Gasteiger partial charge in [-0.25, -0.2) is 0 Å². The summed E-state index contributed by atoms with van der Waals surface area (Å²) in [5, 5.41) is 0. The van der Waals surface area contributed by atoms with Crippen LogP contribution in [0.5, 0.6) is 0 Å². The van der Waals surface area contributed by atoms with E-state index >= 15 is 0 Å². The van der Waals surface area contributed by atoms with Crippen LogP contribution in [0.1, 0.15) is 31.2 Å². The van der Waals surface area contributed by atoms with Crippen molar-refractivity contribution in [3.8, 4) is 0 Å². The van der Waals surface area contributed by atoms with Gasteiger partial charge in [0.25, 0.3) is 0 Å². The molecule has 1 aromatic carbocycles. The molecule has 1 aromatic rings. The maximum absolute atomic E-state index is 5.77. The normalized spacial score (nSPS) is 23.0.